The molecule has 142 valence electrons. The maximum Gasteiger partial charge on any atom is 0.234 e. The van der Waals surface area contributed by atoms with Crippen LogP contribution in [0.2, 0.25) is 0 Å². The number of oxazole rings is 1. The highest BCUT2D eigenvalue weighted by molar-refractivity contribution is 7.91. The molecule has 4 rings (SSSR count). The van der Waals surface area contributed by atoms with Crippen LogP contribution in [0.15, 0.2) is 91.7 Å². The first-order valence-corrected chi connectivity index (χ1v) is 10.2. The largest absolute Gasteiger partial charge is 0.467 e. The van der Waals surface area contributed by atoms with Crippen LogP contribution in [0.5, 0.6) is 0 Å². The van der Waals surface area contributed by atoms with Crippen molar-refractivity contribution < 1.29 is 17.3 Å². The summed E-state index contributed by atoms with van der Waals surface area (Å²) in [5.41, 5.74) is 1.67. The summed E-state index contributed by atoms with van der Waals surface area (Å²) < 4.78 is 37.5. The van der Waals surface area contributed by atoms with Crippen molar-refractivity contribution in [1.29, 1.82) is 0 Å². The minimum atomic E-state index is -3.86. The van der Waals surface area contributed by atoms with E-state index in [4.69, 9.17) is 8.83 Å². The Morgan fingerprint density at radius 2 is 1.71 bits per heavy atom. The molecule has 2 aromatic carbocycles. The highest BCUT2D eigenvalue weighted by atomic mass is 32.2. The SMILES string of the molecule is Cc1ccccc1-c1nc(S(=O)(=O)c2ccccc2)c(NCc2ccco2)o1. The minimum absolute atomic E-state index is 0.0820. The maximum absolute atomic E-state index is 13.2. The molecule has 28 heavy (non-hydrogen) atoms. The molecule has 0 atom stereocenters. The molecule has 0 amide bonds. The number of anilines is 1. The molecular weight excluding hydrogens is 376 g/mol. The highest BCUT2D eigenvalue weighted by Gasteiger charge is 2.28. The van der Waals surface area contributed by atoms with Crippen molar-refractivity contribution in [3.05, 3.63) is 84.3 Å². The number of furan rings is 1. The van der Waals surface area contributed by atoms with Crippen LogP contribution in [0, 0.1) is 6.92 Å². The summed E-state index contributed by atoms with van der Waals surface area (Å²) in [7, 11) is -3.86. The molecule has 2 aromatic heterocycles. The molecule has 0 aliphatic carbocycles. The van der Waals surface area contributed by atoms with Gasteiger partial charge < -0.3 is 14.2 Å². The number of hydrogen-bond acceptors (Lipinski definition) is 6. The van der Waals surface area contributed by atoms with Gasteiger partial charge in [0.15, 0.2) is 0 Å². The zero-order valence-corrected chi connectivity index (χ0v) is 15.9. The van der Waals surface area contributed by atoms with E-state index in [2.05, 4.69) is 10.3 Å². The van der Waals surface area contributed by atoms with Crippen LogP contribution in [0.25, 0.3) is 11.5 Å². The van der Waals surface area contributed by atoms with Gasteiger partial charge in [0, 0.05) is 5.56 Å². The van der Waals surface area contributed by atoms with E-state index < -0.39 is 9.84 Å². The molecule has 7 heteroatoms. The molecule has 0 radical (unpaired) electrons. The summed E-state index contributed by atoms with van der Waals surface area (Å²) in [5.74, 6) is 0.977. The van der Waals surface area contributed by atoms with E-state index in [9.17, 15) is 8.42 Å². The molecule has 0 saturated heterocycles. The molecule has 0 unspecified atom stereocenters. The molecule has 0 aliphatic heterocycles. The van der Waals surface area contributed by atoms with Crippen molar-refractivity contribution in [3.63, 3.8) is 0 Å². The summed E-state index contributed by atoms with van der Waals surface area (Å²) in [6.45, 7) is 2.19. The Morgan fingerprint density at radius 1 is 0.964 bits per heavy atom. The van der Waals surface area contributed by atoms with Crippen LogP contribution >= 0.6 is 0 Å². The van der Waals surface area contributed by atoms with Gasteiger partial charge in [-0.05, 0) is 42.8 Å². The summed E-state index contributed by atoms with van der Waals surface area (Å²) in [6, 6.07) is 19.2. The summed E-state index contributed by atoms with van der Waals surface area (Å²) in [4.78, 5) is 4.49. The van der Waals surface area contributed by atoms with Gasteiger partial charge in [-0.15, -0.1) is 0 Å². The van der Waals surface area contributed by atoms with E-state index in [1.807, 2.05) is 31.2 Å². The predicted octanol–water partition coefficient (Wildman–Crippen LogP) is 4.69. The van der Waals surface area contributed by atoms with Gasteiger partial charge in [0.2, 0.25) is 26.6 Å². The smallest absolute Gasteiger partial charge is 0.234 e. The van der Waals surface area contributed by atoms with Gasteiger partial charge in [-0.3, -0.25) is 0 Å². The van der Waals surface area contributed by atoms with Crippen LogP contribution in [0.4, 0.5) is 5.88 Å². The van der Waals surface area contributed by atoms with Crippen molar-refractivity contribution in [2.75, 3.05) is 5.32 Å². The van der Waals surface area contributed by atoms with Gasteiger partial charge in [0.1, 0.15) is 5.76 Å². The van der Waals surface area contributed by atoms with Crippen molar-refractivity contribution in [2.45, 2.75) is 23.4 Å². The fraction of sp³-hybridized carbons (Fsp3) is 0.0952. The van der Waals surface area contributed by atoms with Crippen molar-refractivity contribution in [1.82, 2.24) is 4.98 Å². The Balaban J connectivity index is 1.80. The molecular formula is C21H18N2O4S. The number of nitrogens with zero attached hydrogens (tertiary/aromatic N) is 1. The second kappa shape index (κ2) is 7.36. The first kappa shape index (κ1) is 18.1. The molecule has 0 spiro atoms. The van der Waals surface area contributed by atoms with Gasteiger partial charge in [0.25, 0.3) is 0 Å². The molecule has 0 fully saturated rings. The number of hydrogen-bond donors (Lipinski definition) is 1. The predicted molar refractivity (Wildman–Crippen MR) is 105 cm³/mol. The lowest BCUT2D eigenvalue weighted by Crippen LogP contribution is -2.07. The lowest BCUT2D eigenvalue weighted by atomic mass is 10.1. The van der Waals surface area contributed by atoms with Gasteiger partial charge in [0.05, 0.1) is 17.7 Å². The topological polar surface area (TPSA) is 85.3 Å². The van der Waals surface area contributed by atoms with Gasteiger partial charge in [-0.2, -0.15) is 4.98 Å². The second-order valence-electron chi connectivity index (χ2n) is 6.22. The van der Waals surface area contributed by atoms with Gasteiger partial charge in [-0.1, -0.05) is 36.4 Å². The number of rotatable bonds is 6. The molecule has 6 nitrogen and oxygen atoms in total. The van der Waals surface area contributed by atoms with Crippen LogP contribution in [-0.4, -0.2) is 13.4 Å². The molecule has 0 aliphatic rings. The quantitative estimate of drug-likeness (QED) is 0.511. The average molecular weight is 394 g/mol. The van der Waals surface area contributed by atoms with E-state index in [1.54, 1.807) is 36.6 Å². The monoisotopic (exact) mass is 394 g/mol. The second-order valence-corrected chi connectivity index (χ2v) is 8.08. The van der Waals surface area contributed by atoms with Crippen LogP contribution < -0.4 is 5.32 Å². The van der Waals surface area contributed by atoms with E-state index in [0.29, 0.717) is 5.76 Å². The fourth-order valence-electron chi connectivity index (χ4n) is 2.82. The van der Waals surface area contributed by atoms with Crippen LogP contribution in [-0.2, 0) is 16.4 Å². The van der Waals surface area contributed by atoms with E-state index in [0.717, 1.165) is 11.1 Å². The fourth-order valence-corrected chi connectivity index (χ4v) is 4.12. The maximum atomic E-state index is 13.2. The zero-order chi connectivity index (χ0) is 19.6. The highest BCUT2D eigenvalue weighted by Crippen LogP contribution is 2.33. The Hall–Kier alpha value is -3.32. The third-order valence-corrected chi connectivity index (χ3v) is 5.96. The van der Waals surface area contributed by atoms with E-state index >= 15 is 0 Å². The third kappa shape index (κ3) is 3.44. The standard InChI is InChI=1S/C21H18N2O4S/c1-15-8-5-6-12-18(15)19-23-21(28(24,25)17-10-3-2-4-11-17)20(27-19)22-14-16-9-7-13-26-16/h2-13,22H,14H2,1H3. The van der Waals surface area contributed by atoms with E-state index in [1.165, 1.54) is 12.1 Å². The van der Waals surface area contributed by atoms with Crippen molar-refractivity contribution in [2.24, 2.45) is 0 Å². The summed E-state index contributed by atoms with van der Waals surface area (Å²) in [6.07, 6.45) is 1.55. The van der Waals surface area contributed by atoms with Crippen molar-refractivity contribution >= 4 is 15.7 Å². The molecule has 1 N–H and O–H groups in total. The van der Waals surface area contributed by atoms with Gasteiger partial charge >= 0.3 is 0 Å². The van der Waals surface area contributed by atoms with Gasteiger partial charge in [-0.25, -0.2) is 8.42 Å². The number of aryl methyl sites for hydroxylation is 1. The zero-order valence-electron chi connectivity index (χ0n) is 15.1. The number of benzene rings is 2. The van der Waals surface area contributed by atoms with Crippen molar-refractivity contribution in [3.8, 4) is 11.5 Å². The Kier molecular flexibility index (Phi) is 4.75. The van der Waals surface area contributed by atoms with E-state index in [-0.39, 0.29) is 28.2 Å². The van der Waals surface area contributed by atoms with Crippen LogP contribution in [0.1, 0.15) is 11.3 Å². The summed E-state index contributed by atoms with van der Waals surface area (Å²) >= 11 is 0. The first-order valence-electron chi connectivity index (χ1n) is 8.69. The lowest BCUT2D eigenvalue weighted by molar-refractivity contribution is 0.511. The molecule has 2 heterocycles. The third-order valence-electron chi connectivity index (χ3n) is 4.28. The normalized spacial score (nSPS) is 11.5. The molecule has 0 bridgehead atoms. The lowest BCUT2D eigenvalue weighted by Gasteiger charge is -2.04. The minimum Gasteiger partial charge on any atom is -0.467 e. The average Bonchev–Trinajstić information content (AvgIpc) is 3.37. The number of nitrogens with one attached hydrogen (secondary N) is 1. The Bertz CT molecular complexity index is 1180. The number of aromatic nitrogens is 1. The first-order chi connectivity index (χ1) is 13.6. The molecule has 4 aromatic rings. The Morgan fingerprint density at radius 3 is 2.43 bits per heavy atom. The Labute approximate surface area is 162 Å². The summed E-state index contributed by atoms with van der Waals surface area (Å²) in [5, 5.41) is 2.85. The van der Waals surface area contributed by atoms with Crippen LogP contribution in [0.3, 0.4) is 0 Å². The molecule has 0 saturated carbocycles. The number of sulfone groups is 1.